The molecule has 1 aromatic heterocycles. The van der Waals surface area contributed by atoms with Crippen molar-refractivity contribution in [1.82, 2.24) is 10.3 Å². The molecule has 4 nitrogen and oxygen atoms in total. The summed E-state index contributed by atoms with van der Waals surface area (Å²) in [6, 6.07) is 4.48. The fourth-order valence-electron chi connectivity index (χ4n) is 2.31. The van der Waals surface area contributed by atoms with E-state index in [0.29, 0.717) is 6.42 Å². The lowest BCUT2D eigenvalue weighted by Crippen LogP contribution is -2.18. The second kappa shape index (κ2) is 7.27. The Morgan fingerprint density at radius 3 is 2.81 bits per heavy atom. The summed E-state index contributed by atoms with van der Waals surface area (Å²) in [5.74, 6) is 0.868. The van der Waals surface area contributed by atoms with Gasteiger partial charge in [0.25, 0.3) is 0 Å². The Morgan fingerprint density at radius 2 is 2.29 bits per heavy atom. The van der Waals surface area contributed by atoms with Gasteiger partial charge in [-0.3, -0.25) is 9.78 Å². The van der Waals surface area contributed by atoms with Crippen LogP contribution >= 0.6 is 11.8 Å². The molecule has 1 aliphatic rings. The highest BCUT2D eigenvalue weighted by Crippen LogP contribution is 2.52. The smallest absolute Gasteiger partial charge is 0.306 e. The number of hydrogen-bond acceptors (Lipinski definition) is 5. The molecule has 0 aromatic carbocycles. The van der Waals surface area contributed by atoms with Crippen molar-refractivity contribution in [3.05, 3.63) is 24.0 Å². The molecule has 1 aliphatic carbocycles. The van der Waals surface area contributed by atoms with E-state index in [4.69, 9.17) is 4.74 Å². The van der Waals surface area contributed by atoms with Gasteiger partial charge in [0.2, 0.25) is 0 Å². The maximum atomic E-state index is 11.4. The average molecular weight is 308 g/mol. The maximum absolute atomic E-state index is 11.4. The number of hydrogen-bond donors (Lipinski definition) is 1. The van der Waals surface area contributed by atoms with Gasteiger partial charge in [-0.25, -0.2) is 0 Å². The second-order valence-electron chi connectivity index (χ2n) is 5.74. The minimum atomic E-state index is -0.0963. The summed E-state index contributed by atoms with van der Waals surface area (Å²) in [6.07, 6.45) is 4.72. The third-order valence-electron chi connectivity index (χ3n) is 3.96. The third-order valence-corrected chi connectivity index (χ3v) is 5.29. The minimum absolute atomic E-state index is 0.0963. The number of nitrogens with one attached hydrogen (secondary N) is 1. The highest BCUT2D eigenvalue weighted by molar-refractivity contribution is 7.99. The standard InChI is InChI=1S/C16H24N2O2S/c1-4-17-12(2)14-6-5-13(10-18-14)21-11-16(7-8-16)9-15(19)20-3/h5-6,10,12,17H,4,7-9,11H2,1-3H3. The lowest BCUT2D eigenvalue weighted by Gasteiger charge is -2.14. The number of nitrogens with zero attached hydrogens (tertiary/aromatic N) is 1. The van der Waals surface area contributed by atoms with Gasteiger partial charge < -0.3 is 10.1 Å². The van der Waals surface area contributed by atoms with Crippen LogP contribution in [0.3, 0.4) is 0 Å². The predicted molar refractivity (Wildman–Crippen MR) is 85.4 cm³/mol. The molecule has 5 heteroatoms. The molecular weight excluding hydrogens is 284 g/mol. The average Bonchev–Trinajstić information content (AvgIpc) is 3.26. The summed E-state index contributed by atoms with van der Waals surface area (Å²) < 4.78 is 4.78. The van der Waals surface area contributed by atoms with E-state index in [1.807, 2.05) is 6.20 Å². The molecule has 2 rings (SSSR count). The van der Waals surface area contributed by atoms with Gasteiger partial charge in [-0.15, -0.1) is 11.8 Å². The summed E-state index contributed by atoms with van der Waals surface area (Å²) >= 11 is 1.79. The van der Waals surface area contributed by atoms with Crippen LogP contribution in [0.15, 0.2) is 23.2 Å². The van der Waals surface area contributed by atoms with E-state index >= 15 is 0 Å². The minimum Gasteiger partial charge on any atom is -0.469 e. The number of ether oxygens (including phenoxy) is 1. The highest BCUT2D eigenvalue weighted by atomic mass is 32.2. The first-order chi connectivity index (χ1) is 10.1. The second-order valence-corrected chi connectivity index (χ2v) is 6.79. The van der Waals surface area contributed by atoms with Gasteiger partial charge in [0, 0.05) is 22.9 Å². The lowest BCUT2D eigenvalue weighted by atomic mass is 10.1. The molecule has 1 heterocycles. The van der Waals surface area contributed by atoms with E-state index in [-0.39, 0.29) is 17.4 Å². The Balaban J connectivity index is 1.85. The van der Waals surface area contributed by atoms with Crippen LogP contribution in [0.4, 0.5) is 0 Å². The molecule has 1 N–H and O–H groups in total. The first kappa shape index (κ1) is 16.3. The molecule has 0 saturated heterocycles. The number of carbonyl (C=O) groups excluding carboxylic acids is 1. The van der Waals surface area contributed by atoms with Crippen LogP contribution in [0, 0.1) is 5.41 Å². The van der Waals surface area contributed by atoms with Crippen LogP contribution in [0.5, 0.6) is 0 Å². The van der Waals surface area contributed by atoms with Crippen molar-refractivity contribution in [2.24, 2.45) is 5.41 Å². The van der Waals surface area contributed by atoms with Crippen LogP contribution in [-0.4, -0.2) is 30.4 Å². The van der Waals surface area contributed by atoms with Crippen LogP contribution in [0.1, 0.15) is 44.8 Å². The molecule has 21 heavy (non-hydrogen) atoms. The van der Waals surface area contributed by atoms with Crippen LogP contribution in [0.25, 0.3) is 0 Å². The molecule has 116 valence electrons. The van der Waals surface area contributed by atoms with Crippen molar-refractivity contribution in [3.63, 3.8) is 0 Å². The van der Waals surface area contributed by atoms with Gasteiger partial charge in [-0.1, -0.05) is 6.92 Å². The fourth-order valence-corrected chi connectivity index (χ4v) is 3.46. The monoisotopic (exact) mass is 308 g/mol. The van der Waals surface area contributed by atoms with Crippen molar-refractivity contribution in [2.75, 3.05) is 19.4 Å². The summed E-state index contributed by atoms with van der Waals surface area (Å²) in [5, 5.41) is 3.35. The zero-order chi connectivity index (χ0) is 15.3. The quantitative estimate of drug-likeness (QED) is 0.590. The molecule has 1 unspecified atom stereocenters. The summed E-state index contributed by atoms with van der Waals surface area (Å²) in [4.78, 5) is 17.1. The van der Waals surface area contributed by atoms with Crippen LogP contribution < -0.4 is 5.32 Å². The molecule has 1 saturated carbocycles. The first-order valence-corrected chi connectivity index (χ1v) is 8.46. The Labute approximate surface area is 131 Å². The molecule has 0 radical (unpaired) electrons. The SMILES string of the molecule is CCNC(C)c1ccc(SCC2(CC(=O)OC)CC2)cn1. The number of methoxy groups -OCH3 is 1. The topological polar surface area (TPSA) is 51.2 Å². The summed E-state index contributed by atoms with van der Waals surface area (Å²) in [7, 11) is 1.46. The largest absolute Gasteiger partial charge is 0.469 e. The van der Waals surface area contributed by atoms with Gasteiger partial charge in [0.15, 0.2) is 0 Å². The van der Waals surface area contributed by atoms with E-state index in [1.54, 1.807) is 11.8 Å². The van der Waals surface area contributed by atoms with Crippen molar-refractivity contribution in [1.29, 1.82) is 0 Å². The number of thioether (sulfide) groups is 1. The van der Waals surface area contributed by atoms with Gasteiger partial charge in [0.1, 0.15) is 0 Å². The zero-order valence-corrected chi connectivity index (χ0v) is 13.8. The van der Waals surface area contributed by atoms with E-state index < -0.39 is 0 Å². The van der Waals surface area contributed by atoms with E-state index in [0.717, 1.165) is 30.8 Å². The van der Waals surface area contributed by atoms with Gasteiger partial charge in [0.05, 0.1) is 19.2 Å². The van der Waals surface area contributed by atoms with Crippen molar-refractivity contribution >= 4 is 17.7 Å². The Hall–Kier alpha value is -1.07. The molecule has 1 aromatic rings. The molecule has 0 aliphatic heterocycles. The summed E-state index contributed by atoms with van der Waals surface area (Å²) in [5.41, 5.74) is 1.23. The van der Waals surface area contributed by atoms with E-state index in [1.165, 1.54) is 12.0 Å². The first-order valence-electron chi connectivity index (χ1n) is 7.47. The molecular formula is C16H24N2O2S. The Kier molecular flexibility index (Phi) is 5.65. The number of pyridine rings is 1. The van der Waals surface area contributed by atoms with Gasteiger partial charge in [-0.2, -0.15) is 0 Å². The van der Waals surface area contributed by atoms with Crippen LogP contribution in [0.2, 0.25) is 0 Å². The molecule has 1 atom stereocenters. The molecule has 0 bridgehead atoms. The van der Waals surface area contributed by atoms with E-state index in [2.05, 4.69) is 36.3 Å². The molecule has 0 amide bonds. The number of rotatable bonds is 8. The predicted octanol–water partition coefficient (Wildman–Crippen LogP) is 3.19. The third kappa shape index (κ3) is 4.71. The van der Waals surface area contributed by atoms with Crippen molar-refractivity contribution in [2.45, 2.75) is 44.0 Å². The van der Waals surface area contributed by atoms with E-state index in [9.17, 15) is 4.79 Å². The maximum Gasteiger partial charge on any atom is 0.306 e. The lowest BCUT2D eigenvalue weighted by molar-refractivity contribution is -0.141. The highest BCUT2D eigenvalue weighted by Gasteiger charge is 2.44. The van der Waals surface area contributed by atoms with Gasteiger partial charge in [-0.05, 0) is 43.9 Å². The van der Waals surface area contributed by atoms with Crippen LogP contribution in [-0.2, 0) is 9.53 Å². The zero-order valence-electron chi connectivity index (χ0n) is 13.0. The molecule has 1 fully saturated rings. The van der Waals surface area contributed by atoms with Crippen molar-refractivity contribution in [3.8, 4) is 0 Å². The number of esters is 1. The fraction of sp³-hybridized carbons (Fsp3) is 0.625. The van der Waals surface area contributed by atoms with Gasteiger partial charge >= 0.3 is 5.97 Å². The number of carbonyl (C=O) groups is 1. The normalized spacial score (nSPS) is 17.3. The Morgan fingerprint density at radius 1 is 1.52 bits per heavy atom. The van der Waals surface area contributed by atoms with Crippen molar-refractivity contribution < 1.29 is 9.53 Å². The summed E-state index contributed by atoms with van der Waals surface area (Å²) in [6.45, 7) is 5.15. The number of aromatic nitrogens is 1. The Bertz CT molecular complexity index is 472. The molecule has 0 spiro atoms.